The van der Waals surface area contributed by atoms with E-state index < -0.39 is 38.0 Å². The molecule has 33 heavy (non-hydrogen) atoms. The summed E-state index contributed by atoms with van der Waals surface area (Å²) in [4.78, 5) is 22.6. The number of anilines is 1. The van der Waals surface area contributed by atoms with Crippen LogP contribution in [0.5, 0.6) is 5.75 Å². The molecule has 12 heteroatoms. The molecule has 174 valence electrons. The molecule has 0 unspecified atom stereocenters. The third-order valence-electron chi connectivity index (χ3n) is 4.56. The molecule has 0 fully saturated rings. The van der Waals surface area contributed by atoms with Crippen molar-refractivity contribution in [3.8, 4) is 11.4 Å². The van der Waals surface area contributed by atoms with Crippen molar-refractivity contribution in [1.82, 2.24) is 9.78 Å². The number of nitrogens with two attached hydrogens (primary N) is 1. The van der Waals surface area contributed by atoms with Crippen LogP contribution in [0.4, 0.5) is 11.5 Å². The lowest BCUT2D eigenvalue weighted by Gasteiger charge is -2.14. The second-order valence-corrected chi connectivity index (χ2v) is 9.74. The first-order chi connectivity index (χ1) is 15.4. The highest BCUT2D eigenvalue weighted by Gasteiger charge is 2.23. The molecule has 1 aromatic heterocycles. The molecule has 0 atom stereocenters. The monoisotopic (exact) mass is 473 g/mol. The molecular weight excluding hydrogens is 450 g/mol. The van der Waals surface area contributed by atoms with E-state index in [-0.39, 0.29) is 11.2 Å². The maximum atomic E-state index is 12.6. The predicted molar refractivity (Wildman–Crippen MR) is 121 cm³/mol. The van der Waals surface area contributed by atoms with E-state index in [9.17, 15) is 23.3 Å². The quantitative estimate of drug-likeness (QED) is 0.394. The van der Waals surface area contributed by atoms with Gasteiger partial charge in [-0.25, -0.2) is 18.2 Å². The van der Waals surface area contributed by atoms with Crippen LogP contribution in [-0.2, 0) is 20.2 Å². The molecule has 0 bridgehead atoms. The number of rotatable bonds is 7. The second kappa shape index (κ2) is 9.00. The van der Waals surface area contributed by atoms with E-state index in [0.29, 0.717) is 5.82 Å². The van der Waals surface area contributed by atoms with Gasteiger partial charge >= 0.3 is 5.69 Å². The van der Waals surface area contributed by atoms with Gasteiger partial charge in [0.15, 0.2) is 12.4 Å². The Bertz CT molecular complexity index is 1300. The molecule has 0 spiro atoms. The zero-order chi connectivity index (χ0) is 24.4. The molecular formula is C21H23N5O6S. The van der Waals surface area contributed by atoms with Gasteiger partial charge in [0.05, 0.1) is 21.2 Å². The smallest absolute Gasteiger partial charge is 0.312 e. The number of hydrogen-bond acceptors (Lipinski definition) is 7. The van der Waals surface area contributed by atoms with Crippen molar-refractivity contribution < 1.29 is 22.9 Å². The predicted octanol–water partition coefficient (Wildman–Crippen LogP) is 2.74. The van der Waals surface area contributed by atoms with Crippen molar-refractivity contribution in [3.05, 3.63) is 70.4 Å². The first-order valence-corrected chi connectivity index (χ1v) is 11.3. The fourth-order valence-corrected chi connectivity index (χ4v) is 3.40. The van der Waals surface area contributed by atoms with E-state index in [0.717, 1.165) is 29.6 Å². The standard InChI is InChI=1S/C21H23N5O6S/c1-21(2,3)18-12-19(25(24-18)14-7-5-4-6-8-14)23-20(27)13-32-17-10-9-15(33(22,30)31)11-16(17)26(28)29/h4-12H,13H2,1-3H3,(H,23,27)(H2,22,30,31). The average Bonchev–Trinajstić information content (AvgIpc) is 3.16. The number of nitro groups is 1. The zero-order valence-electron chi connectivity index (χ0n) is 18.2. The number of amides is 1. The second-order valence-electron chi connectivity index (χ2n) is 8.18. The van der Waals surface area contributed by atoms with Crippen LogP contribution < -0.4 is 15.2 Å². The molecule has 3 aromatic rings. The van der Waals surface area contributed by atoms with E-state index in [1.165, 1.54) is 0 Å². The minimum Gasteiger partial charge on any atom is -0.477 e. The van der Waals surface area contributed by atoms with E-state index in [1.807, 2.05) is 51.1 Å². The van der Waals surface area contributed by atoms with Gasteiger partial charge in [0.2, 0.25) is 10.0 Å². The fourth-order valence-electron chi connectivity index (χ4n) is 2.86. The number of sulfonamides is 1. The van der Waals surface area contributed by atoms with Crippen LogP contribution in [0.25, 0.3) is 5.69 Å². The van der Waals surface area contributed by atoms with Crippen molar-refractivity contribution in [1.29, 1.82) is 0 Å². The highest BCUT2D eigenvalue weighted by Crippen LogP contribution is 2.30. The number of aromatic nitrogens is 2. The number of benzene rings is 2. The van der Waals surface area contributed by atoms with Gasteiger partial charge in [0, 0.05) is 17.5 Å². The average molecular weight is 474 g/mol. The highest BCUT2D eigenvalue weighted by molar-refractivity contribution is 7.89. The molecule has 2 aromatic carbocycles. The number of nitrogens with zero attached hydrogens (tertiary/aromatic N) is 3. The molecule has 0 radical (unpaired) electrons. The Kier molecular flexibility index (Phi) is 6.51. The topological polar surface area (TPSA) is 159 Å². The summed E-state index contributed by atoms with van der Waals surface area (Å²) in [6, 6.07) is 13.9. The Balaban J connectivity index is 1.82. The van der Waals surface area contributed by atoms with Crippen LogP contribution in [0.1, 0.15) is 26.5 Å². The Labute approximate surface area is 190 Å². The normalized spacial score (nSPS) is 11.8. The van der Waals surface area contributed by atoms with Gasteiger partial charge in [-0.1, -0.05) is 39.0 Å². The zero-order valence-corrected chi connectivity index (χ0v) is 19.0. The van der Waals surface area contributed by atoms with Gasteiger partial charge in [-0.3, -0.25) is 14.9 Å². The molecule has 3 N–H and O–H groups in total. The first kappa shape index (κ1) is 23.9. The maximum absolute atomic E-state index is 12.6. The van der Waals surface area contributed by atoms with Crippen LogP contribution in [0.3, 0.4) is 0 Å². The minimum atomic E-state index is -4.14. The van der Waals surface area contributed by atoms with Gasteiger partial charge in [0.1, 0.15) is 5.82 Å². The van der Waals surface area contributed by atoms with E-state index in [1.54, 1.807) is 10.7 Å². The lowest BCUT2D eigenvalue weighted by molar-refractivity contribution is -0.386. The molecule has 0 saturated carbocycles. The molecule has 0 saturated heterocycles. The van der Waals surface area contributed by atoms with Gasteiger partial charge in [-0.15, -0.1) is 0 Å². The van der Waals surface area contributed by atoms with Crippen molar-refractivity contribution >= 4 is 27.4 Å². The Morgan fingerprint density at radius 3 is 2.42 bits per heavy atom. The summed E-state index contributed by atoms with van der Waals surface area (Å²) < 4.78 is 29.8. The number of carbonyl (C=O) groups is 1. The van der Waals surface area contributed by atoms with Gasteiger partial charge < -0.3 is 10.1 Å². The number of nitrogens with one attached hydrogen (secondary N) is 1. The summed E-state index contributed by atoms with van der Waals surface area (Å²) in [5, 5.41) is 23.6. The lowest BCUT2D eigenvalue weighted by Crippen LogP contribution is -2.22. The summed E-state index contributed by atoms with van der Waals surface area (Å²) in [5.74, 6) is -0.453. The fraction of sp³-hybridized carbons (Fsp3) is 0.238. The van der Waals surface area contributed by atoms with Crippen LogP contribution in [0, 0.1) is 10.1 Å². The van der Waals surface area contributed by atoms with E-state index >= 15 is 0 Å². The number of primary sulfonamides is 1. The number of nitro benzene ring substituents is 1. The number of hydrogen-bond donors (Lipinski definition) is 2. The Morgan fingerprint density at radius 1 is 1.18 bits per heavy atom. The van der Waals surface area contributed by atoms with Crippen LogP contribution in [0.2, 0.25) is 0 Å². The summed E-state index contributed by atoms with van der Waals surface area (Å²) in [6.07, 6.45) is 0. The minimum absolute atomic E-state index is 0.269. The van der Waals surface area contributed by atoms with Crippen molar-refractivity contribution in [2.24, 2.45) is 5.14 Å². The molecule has 0 aliphatic heterocycles. The number of carbonyl (C=O) groups excluding carboxylic acids is 1. The third-order valence-corrected chi connectivity index (χ3v) is 5.47. The first-order valence-electron chi connectivity index (χ1n) is 9.76. The van der Waals surface area contributed by atoms with Crippen molar-refractivity contribution in [2.75, 3.05) is 11.9 Å². The number of ether oxygens (including phenoxy) is 1. The SMILES string of the molecule is CC(C)(C)c1cc(NC(=O)COc2ccc(S(N)(=O)=O)cc2[N+](=O)[O-])n(-c2ccccc2)n1. The van der Waals surface area contributed by atoms with Crippen molar-refractivity contribution in [2.45, 2.75) is 31.1 Å². The lowest BCUT2D eigenvalue weighted by atomic mass is 9.92. The van der Waals surface area contributed by atoms with Gasteiger partial charge in [-0.05, 0) is 24.3 Å². The summed E-state index contributed by atoms with van der Waals surface area (Å²) in [5.41, 5.74) is 0.579. The molecule has 0 aliphatic carbocycles. The Morgan fingerprint density at radius 2 is 1.85 bits per heavy atom. The summed E-state index contributed by atoms with van der Waals surface area (Å²) in [6.45, 7) is 5.41. The van der Waals surface area contributed by atoms with Gasteiger partial charge in [0.25, 0.3) is 5.91 Å². The molecule has 1 heterocycles. The highest BCUT2D eigenvalue weighted by atomic mass is 32.2. The largest absolute Gasteiger partial charge is 0.477 e. The van der Waals surface area contributed by atoms with Crippen LogP contribution in [-0.4, -0.2) is 35.6 Å². The van der Waals surface area contributed by atoms with E-state index in [2.05, 4.69) is 10.4 Å². The third kappa shape index (κ3) is 5.73. The summed E-state index contributed by atoms with van der Waals surface area (Å²) in [7, 11) is -4.14. The Hall–Kier alpha value is -3.77. The molecule has 11 nitrogen and oxygen atoms in total. The van der Waals surface area contributed by atoms with Crippen molar-refractivity contribution in [3.63, 3.8) is 0 Å². The summed E-state index contributed by atoms with van der Waals surface area (Å²) >= 11 is 0. The molecule has 3 rings (SSSR count). The van der Waals surface area contributed by atoms with Crippen LogP contribution in [0.15, 0.2) is 59.5 Å². The van der Waals surface area contributed by atoms with E-state index in [4.69, 9.17) is 9.88 Å². The van der Waals surface area contributed by atoms with Gasteiger partial charge in [-0.2, -0.15) is 5.10 Å². The maximum Gasteiger partial charge on any atom is 0.312 e. The number of para-hydroxylation sites is 1. The molecule has 0 aliphatic rings. The molecule has 1 amide bonds. The van der Waals surface area contributed by atoms with Crippen LogP contribution >= 0.6 is 0 Å².